The van der Waals surface area contributed by atoms with Gasteiger partial charge in [0, 0.05) is 0 Å². The molecule has 0 spiro atoms. The molecule has 0 N–H and O–H groups in total. The molecule has 268 valence electrons. The molecule has 54 heavy (non-hydrogen) atoms. The fraction of sp³-hybridized carbons (Fsp3) is 0.173. The first-order chi connectivity index (χ1) is 25.8. The van der Waals surface area contributed by atoms with E-state index in [0.717, 1.165) is 5.02 Å². The molecule has 0 fully saturated rings. The molecule has 0 bridgehead atoms. The molecule has 0 aliphatic rings. The van der Waals surface area contributed by atoms with Crippen LogP contribution in [0.2, 0.25) is 5.02 Å². The smallest absolute Gasteiger partial charge is 0.172 e. The molecule has 0 radical (unpaired) electrons. The molecule has 0 nitrogen and oxygen atoms in total. The summed E-state index contributed by atoms with van der Waals surface area (Å²) in [6.07, 6.45) is 0. The SMILES string of the molecule is CC(C)(C)c1cc2c(cc1-c1ccccc1)[cH-]c1cc(-c3ccccc3)c(C(C)(C)C)cc12.Cc1ccc([C](=[Zr+2])c2cccc(Cl)c2)cc1.c1cc[cH-]c1. The zero-order valence-corrected chi connectivity index (χ0v) is 35.8. The number of halogens is 1. The second-order valence-electron chi connectivity index (χ2n) is 16.1. The first-order valence-corrected chi connectivity index (χ1v) is 20.3. The molecule has 0 heterocycles. The molecule has 8 rings (SSSR count). The van der Waals surface area contributed by atoms with Crippen LogP contribution in [-0.2, 0) is 35.1 Å². The van der Waals surface area contributed by atoms with Crippen molar-refractivity contribution in [2.45, 2.75) is 59.3 Å². The third-order valence-corrected chi connectivity index (χ3v) is 11.4. The Morgan fingerprint density at radius 1 is 0.519 bits per heavy atom. The van der Waals surface area contributed by atoms with Crippen molar-refractivity contribution < 1.29 is 24.2 Å². The molecule has 0 saturated carbocycles. The van der Waals surface area contributed by atoms with E-state index in [0.29, 0.717) is 0 Å². The van der Waals surface area contributed by atoms with Gasteiger partial charge in [0.25, 0.3) is 0 Å². The number of hydrogen-bond acceptors (Lipinski definition) is 0. The van der Waals surface area contributed by atoms with Crippen molar-refractivity contribution in [3.05, 3.63) is 203 Å². The van der Waals surface area contributed by atoms with Gasteiger partial charge in [-0.25, -0.2) is 12.1 Å². The summed E-state index contributed by atoms with van der Waals surface area (Å²) in [4.78, 5) is 0. The van der Waals surface area contributed by atoms with E-state index in [1.807, 2.05) is 48.5 Å². The van der Waals surface area contributed by atoms with Crippen LogP contribution < -0.4 is 0 Å². The van der Waals surface area contributed by atoms with Crippen LogP contribution in [0.3, 0.4) is 0 Å². The van der Waals surface area contributed by atoms with Crippen molar-refractivity contribution >= 4 is 36.4 Å². The first kappa shape index (κ1) is 39.3. The van der Waals surface area contributed by atoms with Gasteiger partial charge in [0.15, 0.2) is 0 Å². The number of hydrogen-bond donors (Lipinski definition) is 0. The number of benzene rings is 6. The van der Waals surface area contributed by atoms with Crippen molar-refractivity contribution in [3.8, 4) is 22.3 Å². The zero-order chi connectivity index (χ0) is 38.5. The Balaban J connectivity index is 0.000000195. The van der Waals surface area contributed by atoms with Crippen LogP contribution in [0.4, 0.5) is 0 Å². The molecule has 0 aliphatic heterocycles. The normalized spacial score (nSPS) is 11.4. The van der Waals surface area contributed by atoms with E-state index in [9.17, 15) is 0 Å². The molecular formula is C52H49ClZr. The minimum Gasteiger partial charge on any atom is -0.214 e. The Morgan fingerprint density at radius 2 is 1.00 bits per heavy atom. The van der Waals surface area contributed by atoms with Gasteiger partial charge in [-0.15, -0.1) is 39.7 Å². The van der Waals surface area contributed by atoms with Crippen molar-refractivity contribution in [3.63, 3.8) is 0 Å². The van der Waals surface area contributed by atoms with Crippen LogP contribution in [0.15, 0.2) is 170 Å². The Morgan fingerprint density at radius 3 is 1.41 bits per heavy atom. The summed E-state index contributed by atoms with van der Waals surface area (Å²) >= 11 is 7.40. The summed E-state index contributed by atoms with van der Waals surface area (Å²) in [6.45, 7) is 16.0. The number of aryl methyl sites for hydroxylation is 1. The van der Waals surface area contributed by atoms with Gasteiger partial charge in [0.1, 0.15) is 0 Å². The summed E-state index contributed by atoms with van der Waals surface area (Å²) in [7, 11) is 0. The Labute approximate surface area is 342 Å². The van der Waals surface area contributed by atoms with Crippen molar-refractivity contribution in [1.29, 1.82) is 0 Å². The van der Waals surface area contributed by atoms with Gasteiger partial charge < -0.3 is 0 Å². The number of fused-ring (bicyclic) bond motifs is 3. The fourth-order valence-electron chi connectivity index (χ4n) is 6.91. The Kier molecular flexibility index (Phi) is 12.3. The van der Waals surface area contributed by atoms with E-state index in [4.69, 9.17) is 11.6 Å². The molecule has 8 aromatic rings. The van der Waals surface area contributed by atoms with Gasteiger partial charge in [-0.05, 0) is 44.2 Å². The maximum absolute atomic E-state index is 6.00. The van der Waals surface area contributed by atoms with E-state index >= 15 is 0 Å². The third kappa shape index (κ3) is 9.44. The molecular weight excluding hydrogens is 751 g/mol. The maximum atomic E-state index is 6.00. The maximum Gasteiger partial charge on any atom is -0.172 e. The summed E-state index contributed by atoms with van der Waals surface area (Å²) < 4.78 is 1.34. The van der Waals surface area contributed by atoms with E-state index in [1.54, 1.807) is 0 Å². The molecule has 0 amide bonds. The quantitative estimate of drug-likeness (QED) is 0.156. The fourth-order valence-corrected chi connectivity index (χ4v) is 7.89. The van der Waals surface area contributed by atoms with E-state index < -0.39 is 0 Å². The standard InChI is InChI=1S/C33H33.C14H11Cl.C5H5.Zr/c1-32(2,3)30-20-26-24(18-28(30)22-13-9-7-10-14-22)17-25-19-29(23-15-11-8-12-16-23)31(21-27(25)26)33(4,5)6;1-11-5-7-12(8-6-11)9-13-3-2-4-14(15)10-13;1-2-4-5-3-1;/h7-21H,1-6H3;2-8,10H,1H3;1-5H;/q-1;;-1;+2. The van der Waals surface area contributed by atoms with Gasteiger partial charge in [-0.1, -0.05) is 114 Å². The molecule has 0 aromatic heterocycles. The summed E-state index contributed by atoms with van der Waals surface area (Å²) in [5, 5.41) is 6.16. The topological polar surface area (TPSA) is 0 Å². The van der Waals surface area contributed by atoms with Crippen LogP contribution in [-0.4, -0.2) is 3.21 Å². The Hall–Kier alpha value is -4.42. The van der Waals surface area contributed by atoms with Gasteiger partial charge >= 0.3 is 116 Å². The van der Waals surface area contributed by atoms with Crippen LogP contribution >= 0.6 is 11.6 Å². The van der Waals surface area contributed by atoms with E-state index in [-0.39, 0.29) is 10.8 Å². The van der Waals surface area contributed by atoms with Gasteiger partial charge in [0.2, 0.25) is 0 Å². The van der Waals surface area contributed by atoms with Crippen LogP contribution in [0.1, 0.15) is 69.4 Å². The second-order valence-corrected chi connectivity index (χ2v) is 17.7. The molecule has 0 atom stereocenters. The molecule has 8 aromatic carbocycles. The average molecular weight is 801 g/mol. The van der Waals surface area contributed by atoms with Crippen LogP contribution in [0.25, 0.3) is 43.8 Å². The summed E-state index contributed by atoms with van der Waals surface area (Å²) in [6, 6.07) is 60.4. The molecule has 0 saturated heterocycles. The largest absolute Gasteiger partial charge is 0.214 e. The van der Waals surface area contributed by atoms with Gasteiger partial charge in [-0.2, -0.15) is 18.2 Å². The zero-order valence-electron chi connectivity index (χ0n) is 32.5. The first-order valence-electron chi connectivity index (χ1n) is 18.7. The van der Waals surface area contributed by atoms with E-state index in [2.05, 4.69) is 170 Å². The van der Waals surface area contributed by atoms with Gasteiger partial charge in [0.05, 0.1) is 0 Å². The second kappa shape index (κ2) is 16.9. The van der Waals surface area contributed by atoms with E-state index in [1.165, 1.54) is 99.1 Å². The van der Waals surface area contributed by atoms with Crippen LogP contribution in [0.5, 0.6) is 0 Å². The summed E-state index contributed by atoms with van der Waals surface area (Å²) in [5.41, 5.74) is 12.0. The number of rotatable bonds is 4. The summed E-state index contributed by atoms with van der Waals surface area (Å²) in [5.74, 6) is 0. The molecule has 0 aliphatic carbocycles. The minimum atomic E-state index is 0.0554. The predicted octanol–water partition coefficient (Wildman–Crippen LogP) is 14.8. The molecule has 0 unspecified atom stereocenters. The Bertz CT molecular complexity index is 2320. The average Bonchev–Trinajstić information content (AvgIpc) is 3.86. The van der Waals surface area contributed by atoms with Crippen molar-refractivity contribution in [2.75, 3.05) is 0 Å². The monoisotopic (exact) mass is 798 g/mol. The van der Waals surface area contributed by atoms with Crippen LogP contribution in [0, 0.1) is 6.92 Å². The predicted molar refractivity (Wildman–Crippen MR) is 233 cm³/mol. The van der Waals surface area contributed by atoms with Gasteiger partial charge in [-0.3, -0.25) is 0 Å². The molecule has 2 heteroatoms. The van der Waals surface area contributed by atoms with Crippen molar-refractivity contribution in [2.24, 2.45) is 0 Å². The third-order valence-electron chi connectivity index (χ3n) is 9.78. The van der Waals surface area contributed by atoms with Crippen molar-refractivity contribution in [1.82, 2.24) is 0 Å². The minimum absolute atomic E-state index is 0.0554.